The van der Waals surface area contributed by atoms with Crippen LogP contribution in [0.1, 0.15) is 10.4 Å². The van der Waals surface area contributed by atoms with Gasteiger partial charge in [0.25, 0.3) is 0 Å². The van der Waals surface area contributed by atoms with Crippen LogP contribution in [0.3, 0.4) is 0 Å². The third-order valence-electron chi connectivity index (χ3n) is 2.81. The molecule has 110 valence electrons. The molecule has 0 saturated heterocycles. The summed E-state index contributed by atoms with van der Waals surface area (Å²) in [5.41, 5.74) is 0.277. The zero-order valence-electron chi connectivity index (χ0n) is 12.4. The molecule has 0 saturated carbocycles. The number of rotatable bonds is 5. The van der Waals surface area contributed by atoms with Crippen molar-refractivity contribution < 1.29 is 33.1 Å². The van der Waals surface area contributed by atoms with Crippen molar-refractivity contribution in [3.05, 3.63) is 51.5 Å². The van der Waals surface area contributed by atoms with E-state index in [1.165, 1.54) is 14.2 Å². The molecule has 0 aliphatic rings. The molecule has 0 radical (unpaired) electrons. The van der Waals surface area contributed by atoms with Crippen LogP contribution in [0.2, 0.25) is 5.02 Å². The number of halogens is 2. The van der Waals surface area contributed by atoms with Crippen LogP contribution < -0.4 is 33.6 Å². The standard InChI is InChI=1S/C15H13BrClO3P.Li/c1-19-13-10(16)8-11(17)14(20-2)12(13)15(18)21-9-6-4-3-5-7-9;/h3-8,21H,1-2H3;/q;+1. The Bertz CT molecular complexity index is 639. The van der Waals surface area contributed by atoms with Crippen molar-refractivity contribution in [1.29, 1.82) is 0 Å². The predicted octanol–water partition coefficient (Wildman–Crippen LogP) is 1.27. The van der Waals surface area contributed by atoms with Crippen molar-refractivity contribution in [3.63, 3.8) is 0 Å². The Morgan fingerprint density at radius 2 is 1.73 bits per heavy atom. The largest absolute Gasteiger partial charge is 1.00 e. The molecule has 2 aromatic carbocycles. The minimum Gasteiger partial charge on any atom is -0.495 e. The second kappa shape index (κ2) is 8.96. The predicted molar refractivity (Wildman–Crippen MR) is 91.0 cm³/mol. The van der Waals surface area contributed by atoms with Gasteiger partial charge in [-0.2, -0.15) is 0 Å². The fraction of sp³-hybridized carbons (Fsp3) is 0.133. The summed E-state index contributed by atoms with van der Waals surface area (Å²) in [5, 5.41) is 1.31. The molecule has 0 aromatic heterocycles. The molecule has 0 aliphatic heterocycles. The van der Waals surface area contributed by atoms with Gasteiger partial charge >= 0.3 is 18.9 Å². The Hall–Kier alpha value is -0.493. The summed E-state index contributed by atoms with van der Waals surface area (Å²) >= 11 is 9.51. The molecular formula is C15H13BrClLiO3P+. The second-order valence-corrected chi connectivity index (χ2v) is 6.64. The van der Waals surface area contributed by atoms with E-state index >= 15 is 0 Å². The van der Waals surface area contributed by atoms with Gasteiger partial charge in [0.15, 0.2) is 11.3 Å². The molecule has 0 bridgehead atoms. The first kappa shape index (κ1) is 19.6. The molecule has 7 heteroatoms. The first-order chi connectivity index (χ1) is 10.1. The molecule has 0 N–H and O–H groups in total. The minimum atomic E-state index is -0.0851. The van der Waals surface area contributed by atoms with Crippen molar-refractivity contribution in [2.75, 3.05) is 14.2 Å². The molecule has 0 spiro atoms. The maximum absolute atomic E-state index is 12.7. The SMILES string of the molecule is COc1c(Cl)cc(Br)c(OC)c1C(=O)Pc1ccccc1.[Li+]. The van der Waals surface area contributed by atoms with Crippen LogP contribution in [0, 0.1) is 0 Å². The molecular weight excluding hydrogens is 381 g/mol. The van der Waals surface area contributed by atoms with E-state index in [9.17, 15) is 4.79 Å². The van der Waals surface area contributed by atoms with Gasteiger partial charge in [0, 0.05) is 0 Å². The summed E-state index contributed by atoms with van der Waals surface area (Å²) in [6, 6.07) is 11.2. The van der Waals surface area contributed by atoms with Crippen molar-refractivity contribution in [2.24, 2.45) is 0 Å². The molecule has 2 aromatic rings. The summed E-state index contributed by atoms with van der Waals surface area (Å²) in [6.07, 6.45) is 0. The van der Waals surface area contributed by atoms with E-state index in [1.54, 1.807) is 6.07 Å². The van der Waals surface area contributed by atoms with Gasteiger partial charge in [0.05, 0.1) is 23.7 Å². The average molecular weight is 395 g/mol. The maximum Gasteiger partial charge on any atom is 1.00 e. The van der Waals surface area contributed by atoms with Crippen LogP contribution in [0.25, 0.3) is 0 Å². The normalized spacial score (nSPS) is 10.4. The number of carbonyl (C=O) groups excluding carboxylic acids is 1. The van der Waals surface area contributed by atoms with E-state index in [0.717, 1.165) is 5.30 Å². The molecule has 22 heavy (non-hydrogen) atoms. The van der Waals surface area contributed by atoms with Crippen LogP contribution in [0.5, 0.6) is 11.5 Å². The molecule has 0 heterocycles. The van der Waals surface area contributed by atoms with E-state index < -0.39 is 0 Å². The summed E-state index contributed by atoms with van der Waals surface area (Å²) in [7, 11) is 2.96. The van der Waals surface area contributed by atoms with Crippen LogP contribution in [0.4, 0.5) is 0 Å². The van der Waals surface area contributed by atoms with E-state index in [4.69, 9.17) is 21.1 Å². The van der Waals surface area contributed by atoms with Gasteiger partial charge in [-0.05, 0) is 35.9 Å². The number of ether oxygens (including phenoxy) is 2. The molecule has 3 nitrogen and oxygen atoms in total. The minimum absolute atomic E-state index is 0. The van der Waals surface area contributed by atoms with Gasteiger partial charge in [-0.25, -0.2) is 0 Å². The van der Waals surface area contributed by atoms with Gasteiger partial charge in [-0.3, -0.25) is 4.79 Å². The Kier molecular flexibility index (Phi) is 7.97. The van der Waals surface area contributed by atoms with Gasteiger partial charge in [-0.15, -0.1) is 0 Å². The Balaban J connectivity index is 0.00000242. The molecule has 0 amide bonds. The van der Waals surface area contributed by atoms with Crippen LogP contribution in [0.15, 0.2) is 40.9 Å². The fourth-order valence-electron chi connectivity index (χ4n) is 1.90. The van der Waals surface area contributed by atoms with E-state index in [1.807, 2.05) is 30.3 Å². The van der Waals surface area contributed by atoms with E-state index in [2.05, 4.69) is 15.9 Å². The van der Waals surface area contributed by atoms with Gasteiger partial charge in [0.2, 0.25) is 0 Å². The van der Waals surface area contributed by atoms with Crippen LogP contribution in [-0.4, -0.2) is 19.7 Å². The van der Waals surface area contributed by atoms with E-state index in [0.29, 0.717) is 26.6 Å². The van der Waals surface area contributed by atoms with Gasteiger partial charge in [-0.1, -0.05) is 41.9 Å². The first-order valence-electron chi connectivity index (χ1n) is 6.04. The Morgan fingerprint density at radius 1 is 1.14 bits per heavy atom. The van der Waals surface area contributed by atoms with E-state index in [-0.39, 0.29) is 33.0 Å². The van der Waals surface area contributed by atoms with Crippen LogP contribution >= 0.6 is 36.1 Å². The van der Waals surface area contributed by atoms with Crippen molar-refractivity contribution >= 4 is 46.9 Å². The molecule has 2 rings (SSSR count). The second-order valence-electron chi connectivity index (χ2n) is 4.10. The molecule has 0 fully saturated rings. The summed E-state index contributed by atoms with van der Waals surface area (Å²) in [5.74, 6) is 0.773. The smallest absolute Gasteiger partial charge is 0.495 e. The zero-order chi connectivity index (χ0) is 15.4. The molecule has 1 atom stereocenters. The number of hydrogen-bond donors (Lipinski definition) is 0. The topological polar surface area (TPSA) is 35.5 Å². The fourth-order valence-corrected chi connectivity index (χ4v) is 3.88. The van der Waals surface area contributed by atoms with Crippen molar-refractivity contribution in [3.8, 4) is 11.5 Å². The Labute approximate surface area is 156 Å². The third kappa shape index (κ3) is 4.28. The number of carbonyl (C=O) groups is 1. The third-order valence-corrected chi connectivity index (χ3v) is 4.78. The molecule has 1 unspecified atom stereocenters. The van der Waals surface area contributed by atoms with Crippen LogP contribution in [-0.2, 0) is 0 Å². The summed E-state index contributed by atoms with van der Waals surface area (Å²) in [6.45, 7) is 0. The van der Waals surface area contributed by atoms with Crippen molar-refractivity contribution in [1.82, 2.24) is 0 Å². The quantitative estimate of drug-likeness (QED) is 0.566. The molecule has 0 aliphatic carbocycles. The number of methoxy groups -OCH3 is 2. The maximum atomic E-state index is 12.7. The number of benzene rings is 2. The zero-order valence-corrected chi connectivity index (χ0v) is 15.8. The van der Waals surface area contributed by atoms with Crippen molar-refractivity contribution in [2.45, 2.75) is 0 Å². The first-order valence-corrected chi connectivity index (χ1v) is 8.22. The van der Waals surface area contributed by atoms with Gasteiger partial charge < -0.3 is 9.47 Å². The monoisotopic (exact) mass is 393 g/mol. The number of hydrogen-bond acceptors (Lipinski definition) is 3. The average Bonchev–Trinajstić information content (AvgIpc) is 2.47. The Morgan fingerprint density at radius 3 is 2.27 bits per heavy atom. The summed E-state index contributed by atoms with van der Waals surface area (Å²) < 4.78 is 11.2. The van der Waals surface area contributed by atoms with Gasteiger partial charge in [0.1, 0.15) is 11.3 Å². The summed E-state index contributed by atoms with van der Waals surface area (Å²) in [4.78, 5) is 12.7.